The van der Waals surface area contributed by atoms with Gasteiger partial charge in [0.2, 0.25) is 5.82 Å². The molecule has 78 valence electrons. The Bertz CT molecular complexity index is 475. The molecule has 2 rings (SSSR count). The fourth-order valence-corrected chi connectivity index (χ4v) is 1.52. The molecular weight excluding hydrogens is 207 g/mol. The molecular formula is C10H6F3NO. The van der Waals surface area contributed by atoms with Gasteiger partial charge in [0.25, 0.3) is 0 Å². The fourth-order valence-electron chi connectivity index (χ4n) is 1.52. The molecule has 0 spiro atoms. The quantitative estimate of drug-likeness (QED) is 0.728. The number of rotatable bonds is 1. The highest BCUT2D eigenvalue weighted by molar-refractivity contribution is 5.48. The number of phenols is 1. The van der Waals surface area contributed by atoms with E-state index < -0.39 is 28.6 Å². The molecule has 0 amide bonds. The van der Waals surface area contributed by atoms with Crippen LogP contribution in [0.3, 0.4) is 0 Å². The third-order valence-electron chi connectivity index (χ3n) is 2.62. The third-order valence-corrected chi connectivity index (χ3v) is 2.62. The molecule has 0 unspecified atom stereocenters. The number of hydrogen-bond donors (Lipinski definition) is 1. The number of benzene rings is 1. The van der Waals surface area contributed by atoms with Gasteiger partial charge >= 0.3 is 0 Å². The smallest absolute Gasteiger partial charge is 0.203 e. The van der Waals surface area contributed by atoms with Crippen molar-refractivity contribution in [2.24, 2.45) is 0 Å². The van der Waals surface area contributed by atoms with Gasteiger partial charge in [-0.05, 0) is 18.9 Å². The first kappa shape index (κ1) is 9.84. The molecule has 1 aliphatic carbocycles. The Kier molecular flexibility index (Phi) is 1.90. The number of aromatic hydroxyl groups is 1. The Labute approximate surface area is 83.6 Å². The molecule has 1 N–H and O–H groups in total. The summed E-state index contributed by atoms with van der Waals surface area (Å²) in [5, 5.41) is 18.1. The van der Waals surface area contributed by atoms with Crippen LogP contribution in [0.4, 0.5) is 13.2 Å². The summed E-state index contributed by atoms with van der Waals surface area (Å²) in [6.45, 7) is 0. The second-order valence-corrected chi connectivity index (χ2v) is 3.58. The molecule has 1 aromatic carbocycles. The van der Waals surface area contributed by atoms with Crippen molar-refractivity contribution in [1.82, 2.24) is 0 Å². The van der Waals surface area contributed by atoms with E-state index in [2.05, 4.69) is 0 Å². The summed E-state index contributed by atoms with van der Waals surface area (Å²) in [4.78, 5) is 0. The van der Waals surface area contributed by atoms with Crippen LogP contribution in [0, 0.1) is 28.8 Å². The van der Waals surface area contributed by atoms with E-state index in [-0.39, 0.29) is 5.56 Å². The van der Waals surface area contributed by atoms with Gasteiger partial charge in [-0.15, -0.1) is 0 Å². The van der Waals surface area contributed by atoms with Crippen molar-refractivity contribution in [3.63, 3.8) is 0 Å². The average molecular weight is 213 g/mol. The highest BCUT2D eigenvalue weighted by Crippen LogP contribution is 2.51. The van der Waals surface area contributed by atoms with Gasteiger partial charge in [-0.1, -0.05) is 0 Å². The van der Waals surface area contributed by atoms with Crippen molar-refractivity contribution >= 4 is 0 Å². The lowest BCUT2D eigenvalue weighted by atomic mass is 9.96. The molecule has 0 atom stereocenters. The van der Waals surface area contributed by atoms with Crippen LogP contribution in [0.2, 0.25) is 0 Å². The minimum atomic E-state index is -1.72. The fraction of sp³-hybridized carbons (Fsp3) is 0.300. The topological polar surface area (TPSA) is 44.0 Å². The zero-order valence-electron chi connectivity index (χ0n) is 7.52. The van der Waals surface area contributed by atoms with Gasteiger partial charge in [0.1, 0.15) is 0 Å². The summed E-state index contributed by atoms with van der Waals surface area (Å²) in [6.07, 6.45) is 0.836. The Morgan fingerprint density at radius 1 is 1.27 bits per heavy atom. The largest absolute Gasteiger partial charge is 0.505 e. The second kappa shape index (κ2) is 2.89. The van der Waals surface area contributed by atoms with Crippen molar-refractivity contribution < 1.29 is 18.3 Å². The van der Waals surface area contributed by atoms with E-state index in [1.807, 2.05) is 6.07 Å². The van der Waals surface area contributed by atoms with Crippen LogP contribution >= 0.6 is 0 Å². The standard InChI is InChI=1S/C10H6F3NO/c11-6-3-5(10(4-14)1-2-10)9(15)8(13)7(6)12/h3,15H,1-2H2. The maximum absolute atomic E-state index is 13.0. The van der Waals surface area contributed by atoms with Crippen molar-refractivity contribution in [2.75, 3.05) is 0 Å². The zero-order chi connectivity index (χ0) is 11.2. The molecule has 2 nitrogen and oxygen atoms in total. The molecule has 0 aliphatic heterocycles. The molecule has 0 aromatic heterocycles. The van der Waals surface area contributed by atoms with Crippen LogP contribution in [-0.2, 0) is 5.41 Å². The van der Waals surface area contributed by atoms with Crippen molar-refractivity contribution in [1.29, 1.82) is 5.26 Å². The normalized spacial score (nSPS) is 17.2. The van der Waals surface area contributed by atoms with Gasteiger partial charge in [0.05, 0.1) is 11.5 Å². The van der Waals surface area contributed by atoms with Gasteiger partial charge < -0.3 is 5.11 Å². The van der Waals surface area contributed by atoms with Crippen molar-refractivity contribution in [3.8, 4) is 11.8 Å². The van der Waals surface area contributed by atoms with E-state index in [1.165, 1.54) is 0 Å². The molecule has 1 aromatic rings. The summed E-state index contributed by atoms with van der Waals surface area (Å²) in [5.74, 6) is -5.70. The first-order valence-electron chi connectivity index (χ1n) is 4.30. The minimum absolute atomic E-state index is 0.165. The molecule has 0 saturated heterocycles. The lowest BCUT2D eigenvalue weighted by Crippen LogP contribution is -2.06. The Morgan fingerprint density at radius 2 is 1.87 bits per heavy atom. The maximum atomic E-state index is 13.0. The van der Waals surface area contributed by atoms with Crippen molar-refractivity contribution in [2.45, 2.75) is 18.3 Å². The van der Waals surface area contributed by atoms with Crippen LogP contribution in [0.15, 0.2) is 6.07 Å². The number of halogens is 3. The van der Waals surface area contributed by atoms with Gasteiger partial charge in [0.15, 0.2) is 17.4 Å². The summed E-state index contributed by atoms with van der Waals surface area (Å²) in [6, 6.07) is 2.55. The van der Waals surface area contributed by atoms with Crippen LogP contribution in [-0.4, -0.2) is 5.11 Å². The van der Waals surface area contributed by atoms with E-state index >= 15 is 0 Å². The first-order chi connectivity index (χ1) is 7.02. The predicted molar refractivity (Wildman–Crippen MR) is 44.5 cm³/mol. The van der Waals surface area contributed by atoms with Gasteiger partial charge in [-0.2, -0.15) is 9.65 Å². The summed E-state index contributed by atoms with van der Waals surface area (Å²) < 4.78 is 38.5. The van der Waals surface area contributed by atoms with E-state index in [4.69, 9.17) is 5.26 Å². The van der Waals surface area contributed by atoms with E-state index in [9.17, 15) is 18.3 Å². The Balaban J connectivity index is 2.65. The monoisotopic (exact) mass is 213 g/mol. The SMILES string of the molecule is N#CC1(c2cc(F)c(F)c(F)c2O)CC1. The highest BCUT2D eigenvalue weighted by atomic mass is 19.2. The van der Waals surface area contributed by atoms with Gasteiger partial charge in [-0.3, -0.25) is 0 Å². The van der Waals surface area contributed by atoms with E-state index in [0.29, 0.717) is 18.9 Å². The van der Waals surface area contributed by atoms with Crippen molar-refractivity contribution in [3.05, 3.63) is 29.1 Å². The lowest BCUT2D eigenvalue weighted by Gasteiger charge is -2.10. The zero-order valence-corrected chi connectivity index (χ0v) is 7.52. The lowest BCUT2D eigenvalue weighted by molar-refractivity contribution is 0.379. The second-order valence-electron chi connectivity index (χ2n) is 3.58. The number of phenolic OH excluding ortho intramolecular Hbond substituents is 1. The van der Waals surface area contributed by atoms with Crippen LogP contribution in [0.5, 0.6) is 5.75 Å². The highest BCUT2D eigenvalue weighted by Gasteiger charge is 2.48. The van der Waals surface area contributed by atoms with E-state index in [1.54, 1.807) is 0 Å². The van der Waals surface area contributed by atoms with Crippen LogP contribution < -0.4 is 0 Å². The number of nitrogens with zero attached hydrogens (tertiary/aromatic N) is 1. The molecule has 1 aliphatic rings. The maximum Gasteiger partial charge on any atom is 0.203 e. The number of hydrogen-bond acceptors (Lipinski definition) is 2. The molecule has 0 heterocycles. The third kappa shape index (κ3) is 1.25. The molecule has 1 saturated carbocycles. The summed E-state index contributed by atoms with van der Waals surface area (Å²) in [5.41, 5.74) is -1.21. The minimum Gasteiger partial charge on any atom is -0.505 e. The molecule has 15 heavy (non-hydrogen) atoms. The Morgan fingerprint density at radius 3 is 2.33 bits per heavy atom. The predicted octanol–water partition coefficient (Wildman–Crippen LogP) is 2.36. The summed E-state index contributed by atoms with van der Waals surface area (Å²) in [7, 11) is 0. The average Bonchev–Trinajstić information content (AvgIpc) is 3.01. The van der Waals surface area contributed by atoms with Gasteiger partial charge in [-0.25, -0.2) is 8.78 Å². The van der Waals surface area contributed by atoms with Gasteiger partial charge in [0, 0.05) is 5.56 Å². The Hall–Kier alpha value is -1.70. The molecule has 0 bridgehead atoms. The van der Waals surface area contributed by atoms with Crippen LogP contribution in [0.1, 0.15) is 18.4 Å². The summed E-state index contributed by atoms with van der Waals surface area (Å²) >= 11 is 0. The van der Waals surface area contributed by atoms with Crippen LogP contribution in [0.25, 0.3) is 0 Å². The first-order valence-corrected chi connectivity index (χ1v) is 4.30. The van der Waals surface area contributed by atoms with E-state index in [0.717, 1.165) is 0 Å². The molecule has 1 fully saturated rings. The molecule has 0 radical (unpaired) electrons. The number of nitriles is 1. The molecule has 5 heteroatoms.